The first kappa shape index (κ1) is 16.3. The Morgan fingerprint density at radius 3 is 2.58 bits per heavy atom. The van der Waals surface area contributed by atoms with Gasteiger partial charge < -0.3 is 10.1 Å². The van der Waals surface area contributed by atoms with E-state index in [-0.39, 0.29) is 12.6 Å². The van der Waals surface area contributed by atoms with E-state index >= 15 is 0 Å². The third kappa shape index (κ3) is 6.27. The summed E-state index contributed by atoms with van der Waals surface area (Å²) in [5.41, 5.74) is 1.94. The molecule has 1 aromatic rings. The van der Waals surface area contributed by atoms with E-state index in [2.05, 4.69) is 10.1 Å². The minimum absolute atomic E-state index is 0.0137. The number of hydrogen-bond donors (Lipinski definition) is 1. The highest BCUT2D eigenvalue weighted by molar-refractivity contribution is 6.31. The number of likely N-dealkylation sites (N-methyl/N-ethyl adjacent to an activating group) is 1. The van der Waals surface area contributed by atoms with Gasteiger partial charge in [-0.15, -0.1) is 0 Å². The molecular weight excluding hydrogens is 279 g/mol. The SMILES string of the molecule is CNC(COCC(F)(F)F)Cc1ccc(C)cc1Cl. The molecule has 0 fully saturated rings. The topological polar surface area (TPSA) is 21.3 Å². The summed E-state index contributed by atoms with van der Waals surface area (Å²) in [4.78, 5) is 0. The third-order valence-corrected chi connectivity index (χ3v) is 3.02. The third-order valence-electron chi connectivity index (χ3n) is 2.67. The lowest BCUT2D eigenvalue weighted by Gasteiger charge is -2.18. The van der Waals surface area contributed by atoms with Gasteiger partial charge in [-0.2, -0.15) is 13.2 Å². The standard InChI is InChI=1S/C13H17ClF3NO/c1-9-3-4-10(12(14)5-9)6-11(18-2)7-19-8-13(15,16)17/h3-5,11,18H,6-8H2,1-2H3. The van der Waals surface area contributed by atoms with Gasteiger partial charge in [0.1, 0.15) is 6.61 Å². The molecule has 0 amide bonds. The number of halogens is 4. The van der Waals surface area contributed by atoms with Crippen molar-refractivity contribution in [2.24, 2.45) is 0 Å². The second-order valence-electron chi connectivity index (χ2n) is 4.41. The van der Waals surface area contributed by atoms with E-state index in [1.54, 1.807) is 7.05 Å². The molecular formula is C13H17ClF3NO. The number of nitrogens with one attached hydrogen (secondary N) is 1. The van der Waals surface area contributed by atoms with Gasteiger partial charge in [-0.05, 0) is 37.6 Å². The van der Waals surface area contributed by atoms with Crippen molar-refractivity contribution in [3.8, 4) is 0 Å². The molecule has 0 bridgehead atoms. The molecule has 0 radical (unpaired) electrons. The smallest absolute Gasteiger partial charge is 0.370 e. The van der Waals surface area contributed by atoms with Crippen LogP contribution in [0.4, 0.5) is 13.2 Å². The molecule has 0 aromatic heterocycles. The van der Waals surface area contributed by atoms with Gasteiger partial charge in [-0.1, -0.05) is 23.7 Å². The van der Waals surface area contributed by atoms with Gasteiger partial charge in [-0.3, -0.25) is 0 Å². The summed E-state index contributed by atoms with van der Waals surface area (Å²) in [6.45, 7) is 0.685. The van der Waals surface area contributed by atoms with Gasteiger partial charge >= 0.3 is 6.18 Å². The second kappa shape index (κ2) is 7.12. The Morgan fingerprint density at radius 2 is 2.05 bits per heavy atom. The Morgan fingerprint density at radius 1 is 1.37 bits per heavy atom. The van der Waals surface area contributed by atoms with Crippen molar-refractivity contribution in [3.05, 3.63) is 34.3 Å². The molecule has 19 heavy (non-hydrogen) atoms. The summed E-state index contributed by atoms with van der Waals surface area (Å²) in [6, 6.07) is 5.43. The monoisotopic (exact) mass is 295 g/mol. The van der Waals surface area contributed by atoms with Crippen LogP contribution in [-0.2, 0) is 11.2 Å². The molecule has 0 saturated carbocycles. The number of benzene rings is 1. The highest BCUT2D eigenvalue weighted by Gasteiger charge is 2.27. The average Bonchev–Trinajstić information content (AvgIpc) is 2.29. The lowest BCUT2D eigenvalue weighted by atomic mass is 10.0. The molecule has 1 N–H and O–H groups in total. The van der Waals surface area contributed by atoms with Crippen LogP contribution in [0.5, 0.6) is 0 Å². The van der Waals surface area contributed by atoms with Crippen molar-refractivity contribution in [1.82, 2.24) is 5.32 Å². The zero-order chi connectivity index (χ0) is 14.5. The zero-order valence-corrected chi connectivity index (χ0v) is 11.6. The van der Waals surface area contributed by atoms with Crippen LogP contribution < -0.4 is 5.32 Å². The number of hydrogen-bond acceptors (Lipinski definition) is 2. The average molecular weight is 296 g/mol. The fraction of sp³-hybridized carbons (Fsp3) is 0.538. The van der Waals surface area contributed by atoms with Crippen molar-refractivity contribution in [2.75, 3.05) is 20.3 Å². The first-order valence-electron chi connectivity index (χ1n) is 5.88. The van der Waals surface area contributed by atoms with Gasteiger partial charge in [0.05, 0.1) is 6.61 Å². The fourth-order valence-electron chi connectivity index (χ4n) is 1.64. The largest absolute Gasteiger partial charge is 0.411 e. The van der Waals surface area contributed by atoms with Gasteiger partial charge in [0.2, 0.25) is 0 Å². The van der Waals surface area contributed by atoms with E-state index in [4.69, 9.17) is 11.6 Å². The van der Waals surface area contributed by atoms with Gasteiger partial charge in [0.25, 0.3) is 0 Å². The minimum atomic E-state index is -4.29. The van der Waals surface area contributed by atoms with Gasteiger partial charge in [0.15, 0.2) is 0 Å². The molecule has 0 saturated heterocycles. The summed E-state index contributed by atoms with van der Waals surface area (Å²) in [5, 5.41) is 3.55. The number of rotatable bonds is 6. The maximum atomic E-state index is 12.0. The molecule has 1 atom stereocenters. The summed E-state index contributed by atoms with van der Waals surface area (Å²) < 4.78 is 40.6. The predicted molar refractivity (Wildman–Crippen MR) is 69.6 cm³/mol. The summed E-state index contributed by atoms with van der Waals surface area (Å²) in [5.74, 6) is 0. The molecule has 0 aliphatic heterocycles. The van der Waals surface area contributed by atoms with E-state index in [0.717, 1.165) is 11.1 Å². The fourth-order valence-corrected chi connectivity index (χ4v) is 1.96. The predicted octanol–water partition coefficient (Wildman–Crippen LogP) is 3.36. The molecule has 6 heteroatoms. The highest BCUT2D eigenvalue weighted by atomic mass is 35.5. The highest BCUT2D eigenvalue weighted by Crippen LogP contribution is 2.19. The molecule has 0 aliphatic rings. The van der Waals surface area contributed by atoms with Crippen LogP contribution in [0.3, 0.4) is 0 Å². The van der Waals surface area contributed by atoms with E-state index in [9.17, 15) is 13.2 Å². The minimum Gasteiger partial charge on any atom is -0.370 e. The molecule has 1 unspecified atom stereocenters. The van der Waals surface area contributed by atoms with E-state index < -0.39 is 12.8 Å². The van der Waals surface area contributed by atoms with Crippen LogP contribution >= 0.6 is 11.6 Å². The molecule has 0 spiro atoms. The molecule has 2 nitrogen and oxygen atoms in total. The van der Waals surface area contributed by atoms with Gasteiger partial charge in [-0.25, -0.2) is 0 Å². The second-order valence-corrected chi connectivity index (χ2v) is 4.82. The first-order chi connectivity index (χ1) is 8.81. The van der Waals surface area contributed by atoms with Crippen LogP contribution in [-0.4, -0.2) is 32.5 Å². The van der Waals surface area contributed by atoms with E-state index in [1.165, 1.54) is 0 Å². The summed E-state index contributed by atoms with van der Waals surface area (Å²) in [7, 11) is 1.68. The van der Waals surface area contributed by atoms with Crippen LogP contribution in [0.1, 0.15) is 11.1 Å². The quantitative estimate of drug-likeness (QED) is 0.869. The van der Waals surface area contributed by atoms with Gasteiger partial charge in [0, 0.05) is 11.1 Å². The number of alkyl halides is 3. The maximum absolute atomic E-state index is 12.0. The van der Waals surface area contributed by atoms with E-state index in [1.807, 2.05) is 25.1 Å². The van der Waals surface area contributed by atoms with Crippen LogP contribution in [0.2, 0.25) is 5.02 Å². The molecule has 0 heterocycles. The van der Waals surface area contributed by atoms with Crippen LogP contribution in [0, 0.1) is 6.92 Å². The lowest BCUT2D eigenvalue weighted by Crippen LogP contribution is -2.34. The Labute approximate surface area is 115 Å². The molecule has 0 aliphatic carbocycles. The van der Waals surface area contributed by atoms with Crippen molar-refractivity contribution in [3.63, 3.8) is 0 Å². The Hall–Kier alpha value is -0.780. The Kier molecular flexibility index (Phi) is 6.10. The first-order valence-corrected chi connectivity index (χ1v) is 6.26. The Bertz CT molecular complexity index is 409. The summed E-state index contributed by atoms with van der Waals surface area (Å²) >= 11 is 6.09. The van der Waals surface area contributed by atoms with E-state index in [0.29, 0.717) is 11.4 Å². The molecule has 108 valence electrons. The normalized spacial score (nSPS) is 13.6. The van der Waals surface area contributed by atoms with Crippen LogP contribution in [0.25, 0.3) is 0 Å². The van der Waals surface area contributed by atoms with Crippen molar-refractivity contribution in [2.45, 2.75) is 25.6 Å². The lowest BCUT2D eigenvalue weighted by molar-refractivity contribution is -0.175. The summed E-state index contributed by atoms with van der Waals surface area (Å²) in [6.07, 6.45) is -3.77. The van der Waals surface area contributed by atoms with Crippen molar-refractivity contribution < 1.29 is 17.9 Å². The maximum Gasteiger partial charge on any atom is 0.411 e. The van der Waals surface area contributed by atoms with Crippen molar-refractivity contribution in [1.29, 1.82) is 0 Å². The molecule has 1 rings (SSSR count). The number of aryl methyl sites for hydroxylation is 1. The van der Waals surface area contributed by atoms with Crippen molar-refractivity contribution >= 4 is 11.6 Å². The molecule has 1 aromatic carbocycles. The Balaban J connectivity index is 2.52. The van der Waals surface area contributed by atoms with Crippen LogP contribution in [0.15, 0.2) is 18.2 Å². The number of ether oxygens (including phenoxy) is 1. The zero-order valence-electron chi connectivity index (χ0n) is 10.9.